The van der Waals surface area contributed by atoms with Gasteiger partial charge in [0, 0.05) is 29.9 Å². The zero-order chi connectivity index (χ0) is 11.5. The minimum atomic E-state index is 0.630. The Morgan fingerprint density at radius 1 is 1.18 bits per heavy atom. The molecular weight excluding hydrogens is 214 g/mol. The second-order valence-electron chi connectivity index (χ2n) is 3.71. The summed E-state index contributed by atoms with van der Waals surface area (Å²) in [5, 5.41) is 10.8. The number of hydrogen-bond donors (Lipinski definition) is 2. The summed E-state index contributed by atoms with van der Waals surface area (Å²) in [5.41, 5.74) is 2.01. The first-order valence-electron chi connectivity index (χ1n) is 5.35. The van der Waals surface area contributed by atoms with Crippen LogP contribution in [0.2, 0.25) is 0 Å². The van der Waals surface area contributed by atoms with E-state index in [1.165, 1.54) is 0 Å². The fourth-order valence-corrected chi connectivity index (χ4v) is 1.61. The normalized spacial score (nSPS) is 10.6. The Morgan fingerprint density at radius 2 is 2.12 bits per heavy atom. The smallest absolute Gasteiger partial charge is 0.223 e. The van der Waals surface area contributed by atoms with Crippen molar-refractivity contribution in [2.45, 2.75) is 6.54 Å². The number of benzene rings is 1. The van der Waals surface area contributed by atoms with Crippen molar-refractivity contribution in [3.05, 3.63) is 48.4 Å². The van der Waals surface area contributed by atoms with Gasteiger partial charge in [0.25, 0.3) is 0 Å². The van der Waals surface area contributed by atoms with E-state index in [0.29, 0.717) is 12.5 Å². The molecule has 0 spiro atoms. The van der Waals surface area contributed by atoms with E-state index >= 15 is 0 Å². The molecule has 0 fully saturated rings. The minimum Gasteiger partial charge on any atom is -0.350 e. The number of aromatic nitrogens is 4. The van der Waals surface area contributed by atoms with Crippen LogP contribution in [0.3, 0.4) is 0 Å². The van der Waals surface area contributed by atoms with Gasteiger partial charge in [0.05, 0.1) is 11.7 Å². The largest absolute Gasteiger partial charge is 0.350 e. The maximum absolute atomic E-state index is 4.42. The molecule has 0 aliphatic rings. The summed E-state index contributed by atoms with van der Waals surface area (Å²) in [6, 6.07) is 7.91. The van der Waals surface area contributed by atoms with Crippen molar-refractivity contribution in [1.29, 1.82) is 0 Å². The fraction of sp³-hybridized carbons (Fsp3) is 0.0833. The van der Waals surface area contributed by atoms with Crippen LogP contribution in [0.1, 0.15) is 5.56 Å². The molecule has 0 radical (unpaired) electrons. The summed E-state index contributed by atoms with van der Waals surface area (Å²) in [5.74, 6) is 0.630. The van der Waals surface area contributed by atoms with Crippen LogP contribution in [0.15, 0.2) is 42.9 Å². The van der Waals surface area contributed by atoms with Gasteiger partial charge in [-0.25, -0.2) is 9.97 Å². The highest BCUT2D eigenvalue weighted by Gasteiger charge is 1.99. The number of rotatable bonds is 3. The Labute approximate surface area is 97.9 Å². The molecule has 0 atom stereocenters. The summed E-state index contributed by atoms with van der Waals surface area (Å²) in [4.78, 5) is 8.68. The monoisotopic (exact) mass is 225 g/mol. The van der Waals surface area contributed by atoms with Gasteiger partial charge in [0.1, 0.15) is 0 Å². The van der Waals surface area contributed by atoms with Crippen LogP contribution >= 0.6 is 0 Å². The molecule has 0 unspecified atom stereocenters. The number of H-pyrrole nitrogens is 1. The van der Waals surface area contributed by atoms with E-state index in [9.17, 15) is 0 Å². The molecule has 0 amide bonds. The summed E-state index contributed by atoms with van der Waals surface area (Å²) in [6.07, 6.45) is 5.43. The summed E-state index contributed by atoms with van der Waals surface area (Å²) >= 11 is 0. The molecule has 3 rings (SSSR count). The van der Waals surface area contributed by atoms with Gasteiger partial charge in [0.15, 0.2) is 0 Å². The average Bonchev–Trinajstić information content (AvgIpc) is 2.89. The molecule has 0 aliphatic carbocycles. The van der Waals surface area contributed by atoms with Crippen molar-refractivity contribution in [3.63, 3.8) is 0 Å². The summed E-state index contributed by atoms with van der Waals surface area (Å²) in [7, 11) is 0. The third-order valence-electron chi connectivity index (χ3n) is 2.49. The lowest BCUT2D eigenvalue weighted by molar-refractivity contribution is 1.07. The van der Waals surface area contributed by atoms with E-state index in [1.807, 2.05) is 36.7 Å². The minimum absolute atomic E-state index is 0.630. The fourth-order valence-electron chi connectivity index (χ4n) is 1.61. The summed E-state index contributed by atoms with van der Waals surface area (Å²) in [6.45, 7) is 0.662. The van der Waals surface area contributed by atoms with Gasteiger partial charge < -0.3 is 5.32 Å². The van der Waals surface area contributed by atoms with Crippen LogP contribution in [0, 0.1) is 0 Å². The van der Waals surface area contributed by atoms with Gasteiger partial charge in [0.2, 0.25) is 5.95 Å². The van der Waals surface area contributed by atoms with Gasteiger partial charge in [-0.2, -0.15) is 5.10 Å². The van der Waals surface area contributed by atoms with Gasteiger partial charge >= 0.3 is 0 Å². The Hall–Kier alpha value is -2.43. The third-order valence-corrected chi connectivity index (χ3v) is 2.49. The maximum Gasteiger partial charge on any atom is 0.223 e. The van der Waals surface area contributed by atoms with Crippen LogP contribution < -0.4 is 5.32 Å². The molecule has 5 nitrogen and oxygen atoms in total. The highest BCUT2D eigenvalue weighted by molar-refractivity contribution is 5.78. The first-order valence-corrected chi connectivity index (χ1v) is 5.35. The number of nitrogens with zero attached hydrogens (tertiary/aromatic N) is 3. The number of anilines is 1. The number of fused-ring (bicyclic) bond motifs is 1. The first-order chi connectivity index (χ1) is 8.42. The van der Waals surface area contributed by atoms with Gasteiger partial charge in [-0.3, -0.25) is 5.10 Å². The van der Waals surface area contributed by atoms with Crippen molar-refractivity contribution in [1.82, 2.24) is 20.2 Å². The zero-order valence-corrected chi connectivity index (χ0v) is 9.09. The third kappa shape index (κ3) is 2.08. The van der Waals surface area contributed by atoms with Crippen molar-refractivity contribution in [3.8, 4) is 0 Å². The molecule has 1 aromatic carbocycles. The van der Waals surface area contributed by atoms with Gasteiger partial charge in [-0.05, 0) is 6.07 Å². The quantitative estimate of drug-likeness (QED) is 0.715. The molecule has 5 heteroatoms. The molecule has 2 aromatic heterocycles. The highest BCUT2D eigenvalue weighted by Crippen LogP contribution is 2.12. The molecule has 0 bridgehead atoms. The number of para-hydroxylation sites is 1. The predicted molar refractivity (Wildman–Crippen MR) is 65.5 cm³/mol. The maximum atomic E-state index is 4.42. The van der Waals surface area contributed by atoms with Crippen molar-refractivity contribution < 1.29 is 0 Å². The van der Waals surface area contributed by atoms with E-state index in [-0.39, 0.29) is 0 Å². The van der Waals surface area contributed by atoms with E-state index in [4.69, 9.17) is 0 Å². The topological polar surface area (TPSA) is 66.5 Å². The Balaban J connectivity index is 1.81. The first kappa shape index (κ1) is 9.77. The molecule has 2 heterocycles. The lowest BCUT2D eigenvalue weighted by Crippen LogP contribution is -2.02. The number of hydrogen-bond acceptors (Lipinski definition) is 4. The standard InChI is InChI=1S/C12H11N5/c1-2-4-11-10(3-1)8-14-12(17-11)13-5-9-6-15-16-7-9/h1-4,6-8H,5H2,(H,15,16)(H,13,14,17). The highest BCUT2D eigenvalue weighted by atomic mass is 15.1. The van der Waals surface area contributed by atoms with E-state index < -0.39 is 0 Å². The van der Waals surface area contributed by atoms with Gasteiger partial charge in [-0.15, -0.1) is 0 Å². The van der Waals surface area contributed by atoms with Crippen LogP contribution in [-0.4, -0.2) is 20.2 Å². The molecule has 3 aromatic rings. The number of nitrogens with one attached hydrogen (secondary N) is 2. The zero-order valence-electron chi connectivity index (χ0n) is 9.09. The molecule has 17 heavy (non-hydrogen) atoms. The SMILES string of the molecule is c1ccc2nc(NCc3cn[nH]c3)ncc2c1. The molecule has 0 saturated carbocycles. The lowest BCUT2D eigenvalue weighted by Gasteiger charge is -2.03. The van der Waals surface area contributed by atoms with Crippen LogP contribution in [-0.2, 0) is 6.54 Å². The molecule has 0 saturated heterocycles. The second kappa shape index (κ2) is 4.21. The van der Waals surface area contributed by atoms with Crippen LogP contribution in [0.4, 0.5) is 5.95 Å². The van der Waals surface area contributed by atoms with Crippen molar-refractivity contribution in [2.24, 2.45) is 0 Å². The Morgan fingerprint density at radius 3 is 3.00 bits per heavy atom. The van der Waals surface area contributed by atoms with E-state index in [1.54, 1.807) is 6.20 Å². The number of aromatic amines is 1. The Kier molecular flexibility index (Phi) is 2.42. The van der Waals surface area contributed by atoms with Crippen LogP contribution in [0.5, 0.6) is 0 Å². The lowest BCUT2D eigenvalue weighted by atomic mass is 10.2. The van der Waals surface area contributed by atoms with Gasteiger partial charge in [-0.1, -0.05) is 18.2 Å². The van der Waals surface area contributed by atoms with E-state index in [0.717, 1.165) is 16.5 Å². The van der Waals surface area contributed by atoms with E-state index in [2.05, 4.69) is 25.5 Å². The molecule has 84 valence electrons. The Bertz CT molecular complexity index is 618. The average molecular weight is 225 g/mol. The summed E-state index contributed by atoms with van der Waals surface area (Å²) < 4.78 is 0. The molecular formula is C12H11N5. The second-order valence-corrected chi connectivity index (χ2v) is 3.71. The molecule has 2 N–H and O–H groups in total. The van der Waals surface area contributed by atoms with Crippen LogP contribution in [0.25, 0.3) is 10.9 Å². The molecule has 0 aliphatic heterocycles. The van der Waals surface area contributed by atoms with Crippen molar-refractivity contribution in [2.75, 3.05) is 5.32 Å². The predicted octanol–water partition coefficient (Wildman–Crippen LogP) is 1.96. The van der Waals surface area contributed by atoms with Crippen molar-refractivity contribution >= 4 is 16.9 Å².